The number of rotatable bonds is 1. The van der Waals surface area contributed by atoms with Crippen molar-refractivity contribution in [3.63, 3.8) is 0 Å². The Morgan fingerprint density at radius 2 is 1.76 bits per heavy atom. The lowest BCUT2D eigenvalue weighted by Crippen LogP contribution is -1.90. The Morgan fingerprint density at radius 3 is 2.53 bits per heavy atom. The molecule has 2 aromatic rings. The molecule has 0 heterocycles. The van der Waals surface area contributed by atoms with Crippen molar-refractivity contribution in [3.05, 3.63) is 53.1 Å². The lowest BCUT2D eigenvalue weighted by Gasteiger charge is -2.08. The number of methoxy groups -OCH3 is 1. The lowest BCUT2D eigenvalue weighted by molar-refractivity contribution is 0.413. The highest BCUT2D eigenvalue weighted by Crippen LogP contribution is 2.43. The van der Waals surface area contributed by atoms with Crippen LogP contribution >= 0.6 is 0 Å². The van der Waals surface area contributed by atoms with Crippen molar-refractivity contribution in [3.8, 4) is 16.9 Å². The van der Waals surface area contributed by atoms with E-state index in [0.29, 0.717) is 12.2 Å². The Kier molecular flexibility index (Phi) is 2.15. The van der Waals surface area contributed by atoms with Crippen molar-refractivity contribution < 1.29 is 13.5 Å². The molecule has 0 bridgehead atoms. The van der Waals surface area contributed by atoms with Gasteiger partial charge in [-0.3, -0.25) is 0 Å². The van der Waals surface area contributed by atoms with Crippen LogP contribution in [0.3, 0.4) is 0 Å². The van der Waals surface area contributed by atoms with E-state index in [-0.39, 0.29) is 11.6 Å². The van der Waals surface area contributed by atoms with Crippen LogP contribution in [0.2, 0.25) is 0 Å². The summed E-state index contributed by atoms with van der Waals surface area (Å²) in [6.45, 7) is 0. The molecule has 0 unspecified atom stereocenters. The molecule has 0 aliphatic heterocycles. The van der Waals surface area contributed by atoms with Crippen molar-refractivity contribution >= 4 is 0 Å². The van der Waals surface area contributed by atoms with Crippen molar-refractivity contribution in [2.75, 3.05) is 7.11 Å². The molecule has 2 aromatic carbocycles. The Labute approximate surface area is 97.7 Å². The van der Waals surface area contributed by atoms with Gasteiger partial charge in [-0.05, 0) is 41.3 Å². The minimum absolute atomic E-state index is 0.268. The van der Waals surface area contributed by atoms with Crippen LogP contribution in [0, 0.1) is 11.6 Å². The van der Waals surface area contributed by atoms with Crippen molar-refractivity contribution in [1.82, 2.24) is 0 Å². The standard InChI is InChI=1S/C14H10F2O/c1-17-13-7-11(16)6-9-4-8-5-10(15)2-3-12(8)14(9)13/h2-3,5-7H,4H2,1H3. The Bertz CT molecular complexity index is 605. The van der Waals surface area contributed by atoms with Crippen LogP contribution in [0.5, 0.6) is 5.75 Å². The number of hydrogen-bond acceptors (Lipinski definition) is 1. The molecule has 1 aliphatic rings. The third-order valence-electron chi connectivity index (χ3n) is 3.09. The van der Waals surface area contributed by atoms with E-state index in [2.05, 4.69) is 0 Å². The Balaban J connectivity index is 2.28. The zero-order chi connectivity index (χ0) is 12.0. The SMILES string of the molecule is COc1cc(F)cc2c1-c1ccc(F)cc1C2. The second-order valence-corrected chi connectivity index (χ2v) is 4.12. The maximum Gasteiger partial charge on any atom is 0.129 e. The van der Waals surface area contributed by atoms with Gasteiger partial charge in [-0.25, -0.2) is 8.78 Å². The first-order valence-electron chi connectivity index (χ1n) is 5.34. The fourth-order valence-corrected chi connectivity index (χ4v) is 2.40. The predicted molar refractivity (Wildman–Crippen MR) is 61.2 cm³/mol. The molecule has 1 nitrogen and oxygen atoms in total. The highest BCUT2D eigenvalue weighted by Gasteiger charge is 2.23. The minimum Gasteiger partial charge on any atom is -0.496 e. The van der Waals surface area contributed by atoms with Gasteiger partial charge in [-0.1, -0.05) is 6.07 Å². The first kappa shape index (κ1) is 10.3. The molecule has 0 amide bonds. The predicted octanol–water partition coefficient (Wildman–Crippen LogP) is 3.54. The molecule has 0 aromatic heterocycles. The molecular weight excluding hydrogens is 222 g/mol. The van der Waals surface area contributed by atoms with E-state index in [0.717, 1.165) is 22.3 Å². The quantitative estimate of drug-likeness (QED) is 0.623. The van der Waals surface area contributed by atoms with Crippen molar-refractivity contribution in [2.24, 2.45) is 0 Å². The largest absolute Gasteiger partial charge is 0.496 e. The summed E-state index contributed by atoms with van der Waals surface area (Å²) in [6.07, 6.45) is 0.552. The topological polar surface area (TPSA) is 9.23 Å². The van der Waals surface area contributed by atoms with E-state index in [9.17, 15) is 8.78 Å². The zero-order valence-corrected chi connectivity index (χ0v) is 9.26. The van der Waals surface area contributed by atoms with E-state index in [1.807, 2.05) is 0 Å². The first-order chi connectivity index (χ1) is 8.19. The summed E-state index contributed by atoms with van der Waals surface area (Å²) in [7, 11) is 1.51. The summed E-state index contributed by atoms with van der Waals surface area (Å²) in [5.41, 5.74) is 3.54. The number of ether oxygens (including phenoxy) is 1. The number of fused-ring (bicyclic) bond motifs is 3. The van der Waals surface area contributed by atoms with Gasteiger partial charge in [-0.15, -0.1) is 0 Å². The average Bonchev–Trinajstić information content (AvgIpc) is 2.64. The van der Waals surface area contributed by atoms with Crippen LogP contribution in [0.25, 0.3) is 11.1 Å². The van der Waals surface area contributed by atoms with Gasteiger partial charge in [0.25, 0.3) is 0 Å². The summed E-state index contributed by atoms with van der Waals surface area (Å²) in [5.74, 6) is -0.0877. The van der Waals surface area contributed by atoms with Crippen LogP contribution in [0.4, 0.5) is 8.78 Å². The molecule has 86 valence electrons. The Hall–Kier alpha value is -1.90. The fraction of sp³-hybridized carbons (Fsp3) is 0.143. The molecule has 17 heavy (non-hydrogen) atoms. The third-order valence-corrected chi connectivity index (χ3v) is 3.09. The second kappa shape index (κ2) is 3.55. The molecule has 1 aliphatic carbocycles. The van der Waals surface area contributed by atoms with Gasteiger partial charge in [0.05, 0.1) is 7.11 Å². The number of halogens is 2. The molecule has 0 N–H and O–H groups in total. The molecule has 0 spiro atoms. The summed E-state index contributed by atoms with van der Waals surface area (Å²) in [4.78, 5) is 0. The number of hydrogen-bond donors (Lipinski definition) is 0. The maximum atomic E-state index is 13.4. The second-order valence-electron chi connectivity index (χ2n) is 4.12. The van der Waals surface area contributed by atoms with E-state index >= 15 is 0 Å². The van der Waals surface area contributed by atoms with Gasteiger partial charge >= 0.3 is 0 Å². The van der Waals surface area contributed by atoms with Gasteiger partial charge in [0.2, 0.25) is 0 Å². The van der Waals surface area contributed by atoms with Crippen LogP contribution in [0.15, 0.2) is 30.3 Å². The summed E-state index contributed by atoms with van der Waals surface area (Å²) in [6, 6.07) is 7.47. The summed E-state index contributed by atoms with van der Waals surface area (Å²) < 4.78 is 31.7. The van der Waals surface area contributed by atoms with Gasteiger partial charge in [0.15, 0.2) is 0 Å². The van der Waals surface area contributed by atoms with Gasteiger partial charge in [0.1, 0.15) is 17.4 Å². The van der Waals surface area contributed by atoms with E-state index in [1.54, 1.807) is 6.07 Å². The summed E-state index contributed by atoms with van der Waals surface area (Å²) >= 11 is 0. The normalized spacial score (nSPS) is 12.2. The maximum absolute atomic E-state index is 13.4. The minimum atomic E-state index is -0.325. The lowest BCUT2D eigenvalue weighted by atomic mass is 10.0. The molecular formula is C14H10F2O. The van der Waals surface area contributed by atoms with Crippen LogP contribution < -0.4 is 4.74 Å². The van der Waals surface area contributed by atoms with Crippen LogP contribution in [0.1, 0.15) is 11.1 Å². The van der Waals surface area contributed by atoms with Crippen LogP contribution in [-0.2, 0) is 6.42 Å². The first-order valence-corrected chi connectivity index (χ1v) is 5.34. The average molecular weight is 232 g/mol. The van der Waals surface area contributed by atoms with Crippen molar-refractivity contribution in [2.45, 2.75) is 6.42 Å². The van der Waals surface area contributed by atoms with E-state index in [1.165, 1.54) is 31.4 Å². The highest BCUT2D eigenvalue weighted by atomic mass is 19.1. The molecule has 3 rings (SSSR count). The van der Waals surface area contributed by atoms with E-state index in [4.69, 9.17) is 4.74 Å². The molecule has 0 fully saturated rings. The summed E-state index contributed by atoms with van der Waals surface area (Å²) in [5, 5.41) is 0. The Morgan fingerprint density at radius 1 is 1.00 bits per heavy atom. The smallest absolute Gasteiger partial charge is 0.129 e. The van der Waals surface area contributed by atoms with Gasteiger partial charge in [-0.2, -0.15) is 0 Å². The van der Waals surface area contributed by atoms with Gasteiger partial charge < -0.3 is 4.74 Å². The fourth-order valence-electron chi connectivity index (χ4n) is 2.40. The van der Waals surface area contributed by atoms with Crippen LogP contribution in [-0.4, -0.2) is 7.11 Å². The highest BCUT2D eigenvalue weighted by molar-refractivity contribution is 5.81. The third kappa shape index (κ3) is 1.50. The van der Waals surface area contributed by atoms with Gasteiger partial charge in [0, 0.05) is 11.6 Å². The molecule has 0 radical (unpaired) electrons. The monoisotopic (exact) mass is 232 g/mol. The molecule has 0 saturated carbocycles. The molecule has 0 atom stereocenters. The van der Waals surface area contributed by atoms with Crippen molar-refractivity contribution in [1.29, 1.82) is 0 Å². The number of benzene rings is 2. The molecule has 3 heteroatoms. The van der Waals surface area contributed by atoms with E-state index < -0.39 is 0 Å². The zero-order valence-electron chi connectivity index (χ0n) is 9.26. The molecule has 0 saturated heterocycles.